The van der Waals surface area contributed by atoms with E-state index < -0.39 is 0 Å². The van der Waals surface area contributed by atoms with Crippen molar-refractivity contribution in [3.8, 4) is 0 Å². The zero-order chi connectivity index (χ0) is 15.5. The minimum atomic E-state index is 0.458. The Morgan fingerprint density at radius 2 is 1.81 bits per heavy atom. The van der Waals surface area contributed by atoms with Gasteiger partial charge < -0.3 is 5.32 Å². The summed E-state index contributed by atoms with van der Waals surface area (Å²) in [5.41, 5.74) is 0.458. The molecule has 0 aromatic carbocycles. The highest BCUT2D eigenvalue weighted by atomic mass is 32.1. The van der Waals surface area contributed by atoms with E-state index in [0.717, 1.165) is 18.9 Å². The van der Waals surface area contributed by atoms with E-state index in [1.54, 1.807) is 0 Å². The summed E-state index contributed by atoms with van der Waals surface area (Å²) in [6.45, 7) is 12.5. The average Bonchev–Trinajstić information content (AvgIpc) is 2.86. The van der Waals surface area contributed by atoms with Gasteiger partial charge in [-0.05, 0) is 37.0 Å². The Bertz CT molecular complexity index is 425. The second kappa shape index (κ2) is 7.19. The third-order valence-corrected chi connectivity index (χ3v) is 5.82. The average molecular weight is 310 g/mol. The van der Waals surface area contributed by atoms with Crippen molar-refractivity contribution in [2.24, 2.45) is 11.3 Å². The van der Waals surface area contributed by atoms with Crippen molar-refractivity contribution in [3.63, 3.8) is 0 Å². The van der Waals surface area contributed by atoms with Crippen LogP contribution in [-0.2, 0) is 6.42 Å². The van der Waals surface area contributed by atoms with Gasteiger partial charge in [-0.3, -0.25) is 0 Å². The van der Waals surface area contributed by atoms with Gasteiger partial charge in [0.25, 0.3) is 0 Å². The predicted octanol–water partition coefficient (Wildman–Crippen LogP) is 4.40. The maximum Gasteiger partial charge on any atom is 0.120 e. The van der Waals surface area contributed by atoms with Crippen molar-refractivity contribution in [2.45, 2.75) is 78.7 Å². The van der Waals surface area contributed by atoms with Gasteiger partial charge in [-0.25, -0.2) is 0 Å². The quantitative estimate of drug-likeness (QED) is 0.876. The van der Waals surface area contributed by atoms with E-state index in [0.29, 0.717) is 17.4 Å². The Morgan fingerprint density at radius 3 is 2.38 bits per heavy atom. The molecule has 0 radical (unpaired) electrons. The fourth-order valence-electron chi connectivity index (χ4n) is 3.21. The highest BCUT2D eigenvalue weighted by molar-refractivity contribution is 7.11. The summed E-state index contributed by atoms with van der Waals surface area (Å²) in [6, 6.07) is 0.546. The molecule has 4 heteroatoms. The molecule has 1 heterocycles. The third kappa shape index (κ3) is 5.03. The highest BCUT2D eigenvalue weighted by Crippen LogP contribution is 2.43. The second-order valence-electron chi connectivity index (χ2n) is 7.81. The second-order valence-corrected chi connectivity index (χ2v) is 8.90. The molecule has 21 heavy (non-hydrogen) atoms. The standard InChI is InChI=1S/C17H31N3S/c1-12(2)18-11-10-15-19-20-16(21-15)13-6-8-14(9-7-13)17(3,4)5/h12-14,18H,6-11H2,1-5H3. The predicted molar refractivity (Wildman–Crippen MR) is 90.9 cm³/mol. The minimum absolute atomic E-state index is 0.458. The van der Waals surface area contributed by atoms with Crippen molar-refractivity contribution < 1.29 is 0 Å². The molecule has 0 atom stereocenters. The maximum absolute atomic E-state index is 4.47. The van der Waals surface area contributed by atoms with Crippen LogP contribution in [0.5, 0.6) is 0 Å². The molecule has 1 aliphatic rings. The van der Waals surface area contributed by atoms with Gasteiger partial charge in [-0.2, -0.15) is 0 Å². The lowest BCUT2D eigenvalue weighted by atomic mass is 9.70. The number of rotatable bonds is 5. The summed E-state index contributed by atoms with van der Waals surface area (Å²) >= 11 is 1.84. The van der Waals surface area contributed by atoms with E-state index in [2.05, 4.69) is 50.1 Å². The fraction of sp³-hybridized carbons (Fsp3) is 0.882. The summed E-state index contributed by atoms with van der Waals surface area (Å²) < 4.78 is 0. The molecule has 1 fully saturated rings. The first-order valence-corrected chi connectivity index (χ1v) is 9.23. The smallest absolute Gasteiger partial charge is 0.120 e. The molecule has 0 saturated heterocycles. The van der Waals surface area contributed by atoms with Gasteiger partial charge in [-0.1, -0.05) is 34.6 Å². The molecule has 1 N–H and O–H groups in total. The van der Waals surface area contributed by atoms with E-state index in [1.165, 1.54) is 35.7 Å². The monoisotopic (exact) mass is 309 g/mol. The topological polar surface area (TPSA) is 37.8 Å². The maximum atomic E-state index is 4.47. The Balaban J connectivity index is 1.83. The van der Waals surface area contributed by atoms with Crippen molar-refractivity contribution >= 4 is 11.3 Å². The first-order chi connectivity index (χ1) is 9.86. The van der Waals surface area contributed by atoms with Crippen molar-refractivity contribution in [2.75, 3.05) is 6.54 Å². The van der Waals surface area contributed by atoms with Gasteiger partial charge in [0.05, 0.1) is 0 Å². The largest absolute Gasteiger partial charge is 0.314 e. The van der Waals surface area contributed by atoms with Crippen LogP contribution in [0.25, 0.3) is 0 Å². The van der Waals surface area contributed by atoms with Crippen LogP contribution in [0.3, 0.4) is 0 Å². The third-order valence-electron chi connectivity index (χ3n) is 4.68. The normalized spacial score (nSPS) is 23.7. The molecule has 3 nitrogen and oxygen atoms in total. The lowest BCUT2D eigenvalue weighted by Crippen LogP contribution is -2.25. The van der Waals surface area contributed by atoms with Gasteiger partial charge >= 0.3 is 0 Å². The van der Waals surface area contributed by atoms with E-state index in [9.17, 15) is 0 Å². The summed E-state index contributed by atoms with van der Waals surface area (Å²) in [4.78, 5) is 0. The fourth-order valence-corrected chi connectivity index (χ4v) is 4.22. The lowest BCUT2D eigenvalue weighted by Gasteiger charge is -2.36. The summed E-state index contributed by atoms with van der Waals surface area (Å²) in [5.74, 6) is 1.53. The molecular formula is C17H31N3S. The molecule has 0 aliphatic heterocycles. The Labute approximate surface area is 133 Å². The summed E-state index contributed by atoms with van der Waals surface area (Å²) in [5, 5.41) is 14.8. The molecular weight excluding hydrogens is 278 g/mol. The van der Waals surface area contributed by atoms with Gasteiger partial charge in [-0.15, -0.1) is 21.5 Å². The Hall–Kier alpha value is -0.480. The van der Waals surface area contributed by atoms with E-state index in [4.69, 9.17) is 0 Å². The van der Waals surface area contributed by atoms with Crippen molar-refractivity contribution in [1.29, 1.82) is 0 Å². The number of hydrogen-bond donors (Lipinski definition) is 1. The molecule has 120 valence electrons. The summed E-state index contributed by atoms with van der Waals surface area (Å²) in [6.07, 6.45) is 6.28. The zero-order valence-corrected chi connectivity index (χ0v) is 15.1. The number of hydrogen-bond acceptors (Lipinski definition) is 4. The molecule has 1 aliphatic carbocycles. The minimum Gasteiger partial charge on any atom is -0.314 e. The van der Waals surface area contributed by atoms with Gasteiger partial charge in [0, 0.05) is 24.9 Å². The summed E-state index contributed by atoms with van der Waals surface area (Å²) in [7, 11) is 0. The highest BCUT2D eigenvalue weighted by Gasteiger charge is 2.31. The molecule has 0 amide bonds. The SMILES string of the molecule is CC(C)NCCc1nnc(C2CCC(C(C)(C)C)CC2)s1. The van der Waals surface area contributed by atoms with Gasteiger partial charge in [0.15, 0.2) is 0 Å². The first-order valence-electron chi connectivity index (χ1n) is 8.42. The molecule has 2 rings (SSSR count). The molecule has 0 unspecified atom stereocenters. The van der Waals surface area contributed by atoms with E-state index in [1.807, 2.05) is 11.3 Å². The van der Waals surface area contributed by atoms with Crippen LogP contribution in [0, 0.1) is 11.3 Å². The van der Waals surface area contributed by atoms with Crippen molar-refractivity contribution in [3.05, 3.63) is 10.0 Å². The Morgan fingerprint density at radius 1 is 1.14 bits per heavy atom. The van der Waals surface area contributed by atoms with Gasteiger partial charge in [0.2, 0.25) is 0 Å². The first kappa shape index (κ1) is 16.9. The molecule has 0 bridgehead atoms. The molecule has 1 aromatic rings. The number of nitrogens with one attached hydrogen (secondary N) is 1. The van der Waals surface area contributed by atoms with Crippen LogP contribution in [-0.4, -0.2) is 22.8 Å². The van der Waals surface area contributed by atoms with E-state index >= 15 is 0 Å². The number of nitrogens with zero attached hydrogens (tertiary/aromatic N) is 2. The molecule has 0 spiro atoms. The van der Waals surface area contributed by atoms with Crippen LogP contribution in [0.2, 0.25) is 0 Å². The Kier molecular flexibility index (Phi) is 5.78. The molecule has 1 aromatic heterocycles. The lowest BCUT2D eigenvalue weighted by molar-refractivity contribution is 0.169. The van der Waals surface area contributed by atoms with Gasteiger partial charge in [0.1, 0.15) is 10.0 Å². The van der Waals surface area contributed by atoms with Crippen LogP contribution in [0.1, 0.15) is 76.2 Å². The van der Waals surface area contributed by atoms with Crippen LogP contribution in [0.15, 0.2) is 0 Å². The molecule has 1 saturated carbocycles. The van der Waals surface area contributed by atoms with Crippen LogP contribution in [0.4, 0.5) is 0 Å². The zero-order valence-electron chi connectivity index (χ0n) is 14.3. The van der Waals surface area contributed by atoms with Crippen LogP contribution < -0.4 is 5.32 Å². The van der Waals surface area contributed by atoms with E-state index in [-0.39, 0.29) is 0 Å². The number of aromatic nitrogens is 2. The van der Waals surface area contributed by atoms with Crippen LogP contribution >= 0.6 is 11.3 Å². The van der Waals surface area contributed by atoms with Crippen molar-refractivity contribution in [1.82, 2.24) is 15.5 Å².